The topological polar surface area (TPSA) is 90.8 Å². The van der Waals surface area contributed by atoms with Crippen LogP contribution in [0, 0.1) is 6.92 Å². The second-order valence-corrected chi connectivity index (χ2v) is 5.38. The van der Waals surface area contributed by atoms with Crippen molar-refractivity contribution in [1.29, 1.82) is 0 Å². The molecule has 2 aromatic rings. The molecule has 1 aromatic carbocycles. The number of carbonyl (C=O) groups excluding carboxylic acids is 1. The lowest BCUT2D eigenvalue weighted by molar-refractivity contribution is -0.145. The Morgan fingerprint density at radius 1 is 1.35 bits per heavy atom. The molecule has 7 nitrogen and oxygen atoms in total. The number of rotatable bonds is 5. The first kappa shape index (κ1) is 19.9. The van der Waals surface area contributed by atoms with E-state index in [4.69, 9.17) is 14.1 Å². The van der Waals surface area contributed by atoms with E-state index in [1.54, 1.807) is 19.2 Å². The molecule has 8 heteroatoms. The molecule has 1 N–H and O–H groups in total. The van der Waals surface area contributed by atoms with Crippen LogP contribution in [0.25, 0.3) is 0 Å². The van der Waals surface area contributed by atoms with Crippen molar-refractivity contribution in [2.45, 2.75) is 40.2 Å². The average Bonchev–Trinajstić information content (AvgIpc) is 2.94. The number of esters is 1. The Bertz CT molecular complexity index is 742. The molecule has 1 aromatic heterocycles. The predicted octanol–water partition coefficient (Wildman–Crippen LogP) is 2.32. The lowest BCUT2D eigenvalue weighted by atomic mass is 9.77. The van der Waals surface area contributed by atoms with Crippen LogP contribution in [0.3, 0.4) is 0 Å². The van der Waals surface area contributed by atoms with Gasteiger partial charge in [0.2, 0.25) is 5.88 Å². The highest BCUT2D eigenvalue weighted by Crippen LogP contribution is 2.32. The molecule has 3 rings (SSSR count). The molecule has 0 saturated carbocycles. The van der Waals surface area contributed by atoms with E-state index in [1.165, 1.54) is 12.4 Å². The van der Waals surface area contributed by atoms with Gasteiger partial charge in [-0.3, -0.25) is 9.78 Å². The smallest absolute Gasteiger partial charge is 0.466 e. The maximum absolute atomic E-state index is 11.7. The van der Waals surface area contributed by atoms with E-state index in [9.17, 15) is 9.82 Å². The van der Waals surface area contributed by atoms with E-state index in [0.29, 0.717) is 23.7 Å². The Hall–Kier alpha value is -2.45. The van der Waals surface area contributed by atoms with Gasteiger partial charge in [-0.05, 0) is 42.6 Å². The van der Waals surface area contributed by atoms with Gasteiger partial charge in [0.25, 0.3) is 0 Å². The SMILES string of the molecule is CC.CCOC(=O)CC1OB(O)c2cc(Oc3cnccn3)cc(C)c21. The van der Waals surface area contributed by atoms with Gasteiger partial charge in [0, 0.05) is 12.4 Å². The molecule has 0 radical (unpaired) electrons. The summed E-state index contributed by atoms with van der Waals surface area (Å²) in [4.78, 5) is 19.7. The Kier molecular flexibility index (Phi) is 7.11. The first-order valence-corrected chi connectivity index (χ1v) is 8.66. The van der Waals surface area contributed by atoms with Gasteiger partial charge in [0.15, 0.2) is 0 Å². The molecule has 0 spiro atoms. The van der Waals surface area contributed by atoms with Crippen molar-refractivity contribution < 1.29 is 23.9 Å². The van der Waals surface area contributed by atoms with E-state index >= 15 is 0 Å². The third-order valence-electron chi connectivity index (χ3n) is 3.69. The normalized spacial score (nSPS) is 15.0. The Labute approximate surface area is 153 Å². The molecule has 1 aliphatic rings. The van der Waals surface area contributed by atoms with Crippen LogP contribution in [0.5, 0.6) is 11.6 Å². The fourth-order valence-corrected chi connectivity index (χ4v) is 2.77. The number of ether oxygens (including phenoxy) is 2. The monoisotopic (exact) mass is 358 g/mol. The molecule has 0 saturated heterocycles. The summed E-state index contributed by atoms with van der Waals surface area (Å²) in [6.07, 6.45) is 4.11. The van der Waals surface area contributed by atoms with Crippen molar-refractivity contribution in [2.24, 2.45) is 0 Å². The van der Waals surface area contributed by atoms with Crippen LogP contribution in [-0.2, 0) is 14.2 Å². The van der Waals surface area contributed by atoms with Crippen molar-refractivity contribution in [3.63, 3.8) is 0 Å². The van der Waals surface area contributed by atoms with E-state index in [1.807, 2.05) is 26.8 Å². The maximum Gasteiger partial charge on any atom is 0.492 e. The Balaban J connectivity index is 0.00000117. The summed E-state index contributed by atoms with van der Waals surface area (Å²) in [7, 11) is -1.11. The molecule has 26 heavy (non-hydrogen) atoms. The summed E-state index contributed by atoms with van der Waals surface area (Å²) in [5, 5.41) is 10.2. The third kappa shape index (κ3) is 4.59. The number of aryl methyl sites for hydroxylation is 1. The summed E-state index contributed by atoms with van der Waals surface area (Å²) in [6, 6.07) is 3.50. The molecule has 0 amide bonds. The Morgan fingerprint density at radius 2 is 2.12 bits per heavy atom. The first-order valence-electron chi connectivity index (χ1n) is 8.66. The van der Waals surface area contributed by atoms with Crippen molar-refractivity contribution in [1.82, 2.24) is 9.97 Å². The third-order valence-corrected chi connectivity index (χ3v) is 3.69. The van der Waals surface area contributed by atoms with E-state index < -0.39 is 13.2 Å². The minimum Gasteiger partial charge on any atom is -0.466 e. The van der Waals surface area contributed by atoms with Gasteiger partial charge in [0.1, 0.15) is 5.75 Å². The molecule has 0 bridgehead atoms. The van der Waals surface area contributed by atoms with Crippen LogP contribution in [0.1, 0.15) is 44.4 Å². The van der Waals surface area contributed by atoms with Crippen molar-refractivity contribution in [2.75, 3.05) is 6.61 Å². The van der Waals surface area contributed by atoms with Gasteiger partial charge in [0.05, 0.1) is 25.3 Å². The quantitative estimate of drug-likeness (QED) is 0.648. The Morgan fingerprint density at radius 3 is 2.77 bits per heavy atom. The molecule has 1 unspecified atom stereocenters. The molecule has 0 fully saturated rings. The van der Waals surface area contributed by atoms with Crippen LogP contribution in [0.4, 0.5) is 0 Å². The molecular formula is C18H23BN2O5. The van der Waals surface area contributed by atoms with E-state index in [2.05, 4.69) is 9.97 Å². The van der Waals surface area contributed by atoms with Gasteiger partial charge in [-0.1, -0.05) is 13.8 Å². The maximum atomic E-state index is 11.7. The van der Waals surface area contributed by atoms with Gasteiger partial charge in [-0.25, -0.2) is 4.98 Å². The summed E-state index contributed by atoms with van der Waals surface area (Å²) in [5.74, 6) is 0.515. The second kappa shape index (κ2) is 9.31. The van der Waals surface area contributed by atoms with E-state index in [0.717, 1.165) is 11.1 Å². The fourth-order valence-electron chi connectivity index (χ4n) is 2.77. The molecular weight excluding hydrogens is 335 g/mol. The second-order valence-electron chi connectivity index (χ2n) is 5.38. The number of hydrogen-bond acceptors (Lipinski definition) is 7. The predicted molar refractivity (Wildman–Crippen MR) is 97.3 cm³/mol. The molecule has 2 heterocycles. The summed E-state index contributed by atoms with van der Waals surface area (Å²) >= 11 is 0. The lowest BCUT2D eigenvalue weighted by Gasteiger charge is -2.14. The minimum absolute atomic E-state index is 0.0586. The summed E-state index contributed by atoms with van der Waals surface area (Å²) < 4.78 is 16.1. The van der Waals surface area contributed by atoms with Gasteiger partial charge in [-0.15, -0.1) is 0 Å². The van der Waals surface area contributed by atoms with Crippen LogP contribution in [0.15, 0.2) is 30.7 Å². The van der Waals surface area contributed by atoms with Crippen LogP contribution < -0.4 is 10.2 Å². The largest absolute Gasteiger partial charge is 0.492 e. The van der Waals surface area contributed by atoms with Crippen LogP contribution in [0.2, 0.25) is 0 Å². The lowest BCUT2D eigenvalue weighted by Crippen LogP contribution is -2.28. The number of benzene rings is 1. The zero-order valence-electron chi connectivity index (χ0n) is 15.4. The standard InChI is InChI=1S/C16H17BN2O5.C2H6/c1-3-22-15(20)8-13-16-10(2)6-11(7-12(16)17(21)24-13)23-14-9-18-4-5-19-14;1-2/h4-7,9,13,21H,3,8H2,1-2H3;1-2H3. The highest BCUT2D eigenvalue weighted by Gasteiger charge is 2.38. The number of carbonyl (C=O) groups is 1. The number of hydrogen-bond donors (Lipinski definition) is 1. The minimum atomic E-state index is -1.11. The molecule has 0 aliphatic carbocycles. The van der Waals surface area contributed by atoms with Crippen molar-refractivity contribution in [3.8, 4) is 11.6 Å². The number of nitrogens with zero attached hydrogens (tertiary/aromatic N) is 2. The number of aromatic nitrogens is 2. The highest BCUT2D eigenvalue weighted by molar-refractivity contribution is 6.62. The summed E-state index contributed by atoms with van der Waals surface area (Å²) in [6.45, 7) is 7.93. The van der Waals surface area contributed by atoms with Gasteiger partial charge < -0.3 is 19.2 Å². The van der Waals surface area contributed by atoms with Crippen LogP contribution >= 0.6 is 0 Å². The zero-order chi connectivity index (χ0) is 19.1. The highest BCUT2D eigenvalue weighted by atomic mass is 16.5. The first-order chi connectivity index (χ1) is 12.6. The van der Waals surface area contributed by atoms with Crippen LogP contribution in [-0.4, -0.2) is 34.7 Å². The molecule has 138 valence electrons. The average molecular weight is 358 g/mol. The fraction of sp³-hybridized carbons (Fsp3) is 0.389. The number of fused-ring (bicyclic) bond motifs is 1. The summed E-state index contributed by atoms with van der Waals surface area (Å²) in [5.41, 5.74) is 2.24. The van der Waals surface area contributed by atoms with Crippen molar-refractivity contribution >= 4 is 18.6 Å². The van der Waals surface area contributed by atoms with E-state index in [-0.39, 0.29) is 12.4 Å². The molecule has 1 aliphatic heterocycles. The van der Waals surface area contributed by atoms with Gasteiger partial charge >= 0.3 is 13.1 Å². The molecule has 1 atom stereocenters. The van der Waals surface area contributed by atoms with Gasteiger partial charge in [-0.2, -0.15) is 0 Å². The van der Waals surface area contributed by atoms with Crippen molar-refractivity contribution in [3.05, 3.63) is 41.9 Å². The zero-order valence-corrected chi connectivity index (χ0v) is 15.4.